The summed E-state index contributed by atoms with van der Waals surface area (Å²) in [6.45, 7) is 2.84. The number of aromatic nitrogens is 3. The van der Waals surface area contributed by atoms with Crippen LogP contribution in [0.5, 0.6) is 0 Å². The summed E-state index contributed by atoms with van der Waals surface area (Å²) in [5.74, 6) is 0.411. The lowest BCUT2D eigenvalue weighted by Crippen LogP contribution is -2.43. The predicted molar refractivity (Wildman–Crippen MR) is 125 cm³/mol. The Kier molecular flexibility index (Phi) is 6.34. The van der Waals surface area contributed by atoms with Crippen LogP contribution in [0.25, 0.3) is 0 Å². The average molecular weight is 473 g/mol. The normalized spacial score (nSPS) is 13.9. The van der Waals surface area contributed by atoms with Gasteiger partial charge in [0.1, 0.15) is 0 Å². The maximum atomic E-state index is 12.9. The van der Waals surface area contributed by atoms with E-state index in [1.54, 1.807) is 42.5 Å². The van der Waals surface area contributed by atoms with Gasteiger partial charge in [-0.3, -0.25) is 4.79 Å². The van der Waals surface area contributed by atoms with E-state index in [-0.39, 0.29) is 17.6 Å². The molecule has 2 aromatic heterocycles. The van der Waals surface area contributed by atoms with Crippen LogP contribution < -0.4 is 16.2 Å². The molecule has 0 unspecified atom stereocenters. The summed E-state index contributed by atoms with van der Waals surface area (Å²) in [4.78, 5) is 35.1. The van der Waals surface area contributed by atoms with Crippen molar-refractivity contribution in [2.75, 3.05) is 11.9 Å². The van der Waals surface area contributed by atoms with Crippen molar-refractivity contribution in [3.63, 3.8) is 0 Å². The smallest absolute Gasteiger partial charge is 0.318 e. The molecule has 0 aliphatic carbocycles. The molecule has 1 aromatic carbocycles. The molecular weight excluding hydrogens is 451 g/mol. The van der Waals surface area contributed by atoms with Gasteiger partial charge in [-0.2, -0.15) is 0 Å². The summed E-state index contributed by atoms with van der Waals surface area (Å²) in [5.41, 5.74) is 3.27. The van der Waals surface area contributed by atoms with Crippen LogP contribution in [-0.2, 0) is 20.0 Å². The van der Waals surface area contributed by atoms with Crippen molar-refractivity contribution < 1.29 is 4.79 Å². The number of halogens is 2. The highest BCUT2D eigenvalue weighted by Crippen LogP contribution is 2.26. The molecule has 8 nitrogen and oxygen atoms in total. The van der Waals surface area contributed by atoms with Gasteiger partial charge in [0.25, 0.3) is 0 Å². The van der Waals surface area contributed by atoms with E-state index in [0.29, 0.717) is 41.2 Å². The number of urea groups is 1. The molecule has 0 bridgehead atoms. The Morgan fingerprint density at radius 3 is 2.75 bits per heavy atom. The van der Waals surface area contributed by atoms with E-state index >= 15 is 0 Å². The van der Waals surface area contributed by atoms with Crippen LogP contribution in [0.3, 0.4) is 0 Å². The van der Waals surface area contributed by atoms with E-state index in [4.69, 9.17) is 23.2 Å². The van der Waals surface area contributed by atoms with E-state index < -0.39 is 0 Å². The fourth-order valence-corrected chi connectivity index (χ4v) is 3.78. The first-order valence-electron chi connectivity index (χ1n) is 10.1. The van der Waals surface area contributed by atoms with Gasteiger partial charge in [-0.25, -0.2) is 14.8 Å². The zero-order valence-electron chi connectivity index (χ0n) is 17.6. The molecule has 10 heteroatoms. The highest BCUT2D eigenvalue weighted by Gasteiger charge is 2.24. The summed E-state index contributed by atoms with van der Waals surface area (Å²) in [7, 11) is 1.68. The highest BCUT2D eigenvalue weighted by molar-refractivity contribution is 6.42. The zero-order chi connectivity index (χ0) is 22.8. The molecule has 0 spiro atoms. The first-order valence-corrected chi connectivity index (χ1v) is 10.8. The first kappa shape index (κ1) is 22.1. The molecule has 3 aromatic rings. The lowest BCUT2D eigenvalue weighted by Gasteiger charge is -2.29. The number of benzene rings is 1. The summed E-state index contributed by atoms with van der Waals surface area (Å²) >= 11 is 12.1. The Morgan fingerprint density at radius 1 is 1.19 bits per heavy atom. The molecule has 1 atom stereocenters. The number of aryl methyl sites for hydroxylation is 1. The van der Waals surface area contributed by atoms with E-state index in [0.717, 1.165) is 16.8 Å². The van der Waals surface area contributed by atoms with Gasteiger partial charge in [-0.05, 0) is 42.7 Å². The number of hydrogen-bond donors (Lipinski definition) is 2. The van der Waals surface area contributed by atoms with Crippen LogP contribution in [0.4, 0.5) is 16.4 Å². The predicted octanol–water partition coefficient (Wildman–Crippen LogP) is 4.05. The second-order valence-corrected chi connectivity index (χ2v) is 8.49. The van der Waals surface area contributed by atoms with Crippen molar-refractivity contribution in [1.82, 2.24) is 24.8 Å². The van der Waals surface area contributed by atoms with Crippen molar-refractivity contribution in [2.45, 2.75) is 25.9 Å². The van der Waals surface area contributed by atoms with Gasteiger partial charge in [-0.1, -0.05) is 29.3 Å². The third kappa shape index (κ3) is 4.87. The maximum Gasteiger partial charge on any atom is 0.318 e. The molecule has 1 aliphatic heterocycles. The first-order chi connectivity index (χ1) is 15.3. The molecule has 3 heterocycles. The number of fused-ring (bicyclic) bond motifs is 1. The number of rotatable bonds is 4. The number of carbonyl (C=O) groups excluding carboxylic acids is 1. The number of anilines is 2. The van der Waals surface area contributed by atoms with Gasteiger partial charge in [0.15, 0.2) is 0 Å². The Morgan fingerprint density at radius 2 is 2.00 bits per heavy atom. The largest absolute Gasteiger partial charge is 0.331 e. The monoisotopic (exact) mass is 472 g/mol. The van der Waals surface area contributed by atoms with E-state index in [1.807, 2.05) is 13.0 Å². The number of carbonyl (C=O) groups is 1. The lowest BCUT2D eigenvalue weighted by molar-refractivity contribution is 0.188. The topological polar surface area (TPSA) is 92.2 Å². The van der Waals surface area contributed by atoms with Crippen LogP contribution in [0.15, 0.2) is 47.5 Å². The van der Waals surface area contributed by atoms with Crippen LogP contribution in [0.2, 0.25) is 10.0 Å². The molecular formula is C22H22Cl2N6O2. The van der Waals surface area contributed by atoms with Crippen LogP contribution in [-0.4, -0.2) is 32.0 Å². The highest BCUT2D eigenvalue weighted by atomic mass is 35.5. The second kappa shape index (κ2) is 9.18. The average Bonchev–Trinajstić information content (AvgIpc) is 2.77. The molecule has 166 valence electrons. The number of nitrogens with zero attached hydrogens (tertiary/aromatic N) is 4. The fourth-order valence-electron chi connectivity index (χ4n) is 3.48. The summed E-state index contributed by atoms with van der Waals surface area (Å²) < 4.78 is 1.47. The fraction of sp³-hybridized carbons (Fsp3) is 0.273. The SMILES string of the molecule is C[C@@H](NC(=O)N1CCc2cnc(Nc3ccc(=O)n(C)c3)nc2C1)c1ccc(Cl)c(Cl)c1. The van der Waals surface area contributed by atoms with E-state index in [9.17, 15) is 9.59 Å². The Bertz CT molecular complexity index is 1230. The van der Waals surface area contributed by atoms with Gasteiger partial charge in [0, 0.05) is 32.1 Å². The Hall–Kier alpha value is -3.10. The van der Waals surface area contributed by atoms with E-state index in [1.165, 1.54) is 10.6 Å². The second-order valence-electron chi connectivity index (χ2n) is 7.67. The Labute approximate surface area is 195 Å². The number of pyridine rings is 1. The van der Waals surface area contributed by atoms with Gasteiger partial charge >= 0.3 is 6.03 Å². The van der Waals surface area contributed by atoms with Gasteiger partial charge in [0.2, 0.25) is 11.5 Å². The summed E-state index contributed by atoms with van der Waals surface area (Å²) in [6.07, 6.45) is 4.12. The number of hydrogen-bond acceptors (Lipinski definition) is 5. The van der Waals surface area contributed by atoms with Crippen molar-refractivity contribution in [1.29, 1.82) is 0 Å². The molecule has 0 saturated carbocycles. The third-order valence-corrected chi connectivity index (χ3v) is 6.10. The van der Waals surface area contributed by atoms with Crippen LogP contribution in [0, 0.1) is 0 Å². The minimum atomic E-state index is -0.231. The molecule has 0 saturated heterocycles. The van der Waals surface area contributed by atoms with Gasteiger partial charge in [-0.15, -0.1) is 0 Å². The molecule has 2 N–H and O–H groups in total. The molecule has 32 heavy (non-hydrogen) atoms. The number of amides is 2. The Balaban J connectivity index is 1.44. The minimum absolute atomic E-state index is 0.0985. The molecule has 0 radical (unpaired) electrons. The molecule has 2 amide bonds. The van der Waals surface area contributed by atoms with E-state index in [2.05, 4.69) is 20.6 Å². The third-order valence-electron chi connectivity index (χ3n) is 5.36. The van der Waals surface area contributed by atoms with Crippen LogP contribution >= 0.6 is 23.2 Å². The maximum absolute atomic E-state index is 12.9. The minimum Gasteiger partial charge on any atom is -0.331 e. The number of nitrogens with one attached hydrogen (secondary N) is 2. The van der Waals surface area contributed by atoms with Crippen LogP contribution in [0.1, 0.15) is 29.8 Å². The van der Waals surface area contributed by atoms with Crippen molar-refractivity contribution >= 4 is 40.9 Å². The van der Waals surface area contributed by atoms with Gasteiger partial charge in [0.05, 0.1) is 34.0 Å². The molecule has 1 aliphatic rings. The standard InChI is InChI=1S/C22H22Cl2N6O2/c1-13(14-3-5-17(23)18(24)9-14)26-22(32)30-8-7-15-10-25-21(28-19(15)12-30)27-16-4-6-20(31)29(2)11-16/h3-6,9-11,13H,7-8,12H2,1-2H3,(H,26,32)(H,25,27,28)/t13-/m1/s1. The summed E-state index contributed by atoms with van der Waals surface area (Å²) in [6, 6.07) is 8.05. The quantitative estimate of drug-likeness (QED) is 0.597. The summed E-state index contributed by atoms with van der Waals surface area (Å²) in [5, 5.41) is 7.04. The van der Waals surface area contributed by atoms with Crippen molar-refractivity contribution in [3.8, 4) is 0 Å². The zero-order valence-corrected chi connectivity index (χ0v) is 19.1. The van der Waals surface area contributed by atoms with Crippen molar-refractivity contribution in [3.05, 3.63) is 79.9 Å². The lowest BCUT2D eigenvalue weighted by atomic mass is 10.1. The molecule has 4 rings (SSSR count). The van der Waals surface area contributed by atoms with Gasteiger partial charge < -0.3 is 20.1 Å². The molecule has 0 fully saturated rings. The van der Waals surface area contributed by atoms with Crippen molar-refractivity contribution in [2.24, 2.45) is 7.05 Å².